The highest BCUT2D eigenvalue weighted by atomic mass is 16.5. The van der Waals surface area contributed by atoms with Crippen LogP contribution in [0.4, 0.5) is 5.69 Å². The maximum Gasteiger partial charge on any atom is 0.227 e. The molecule has 0 radical (unpaired) electrons. The molecule has 0 spiro atoms. The quantitative estimate of drug-likeness (QED) is 0.738. The molecule has 7 nitrogen and oxygen atoms in total. The third-order valence-electron chi connectivity index (χ3n) is 7.08. The third-order valence-corrected chi connectivity index (χ3v) is 7.08. The van der Waals surface area contributed by atoms with Crippen molar-refractivity contribution in [3.05, 3.63) is 59.2 Å². The van der Waals surface area contributed by atoms with E-state index in [9.17, 15) is 4.79 Å². The van der Waals surface area contributed by atoms with Gasteiger partial charge in [-0.1, -0.05) is 30.3 Å². The summed E-state index contributed by atoms with van der Waals surface area (Å²) in [6.45, 7) is 3.33. The molecule has 0 aliphatic carbocycles. The van der Waals surface area contributed by atoms with Crippen molar-refractivity contribution in [2.45, 2.75) is 44.3 Å². The first-order valence-electron chi connectivity index (χ1n) is 12.0. The van der Waals surface area contributed by atoms with E-state index in [1.54, 1.807) is 12.0 Å². The Morgan fingerprint density at radius 3 is 2.79 bits per heavy atom. The number of hydrogen-bond donors (Lipinski definition) is 2. The first-order valence-corrected chi connectivity index (χ1v) is 12.0. The Morgan fingerprint density at radius 1 is 1.18 bits per heavy atom. The Morgan fingerprint density at radius 2 is 2.03 bits per heavy atom. The smallest absolute Gasteiger partial charge is 0.227 e. The molecule has 2 N–H and O–H groups in total. The minimum atomic E-state index is 0.165. The van der Waals surface area contributed by atoms with Crippen molar-refractivity contribution >= 4 is 17.6 Å². The number of amides is 1. The first-order chi connectivity index (χ1) is 16.2. The molecule has 1 amide bonds. The normalized spacial score (nSPS) is 22.4. The van der Waals surface area contributed by atoms with Gasteiger partial charge in [0.2, 0.25) is 5.91 Å². The Balaban J connectivity index is 1.52. The SMILES string of the molecule is COc1cc2c(cc1CN(C1=NCCN1)C1CCCNC1c1ccccc1)N(C)C(=O)CC2. The number of aliphatic imine (C=N–C) groups is 1. The zero-order valence-electron chi connectivity index (χ0n) is 19.5. The van der Waals surface area contributed by atoms with Gasteiger partial charge in [0.25, 0.3) is 0 Å². The maximum absolute atomic E-state index is 12.3. The summed E-state index contributed by atoms with van der Waals surface area (Å²) < 4.78 is 5.83. The topological polar surface area (TPSA) is 69.2 Å². The molecule has 7 heteroatoms. The van der Waals surface area contributed by atoms with Gasteiger partial charge in [-0.2, -0.15) is 0 Å². The van der Waals surface area contributed by atoms with E-state index in [0.29, 0.717) is 13.0 Å². The van der Waals surface area contributed by atoms with Gasteiger partial charge in [-0.3, -0.25) is 9.79 Å². The van der Waals surface area contributed by atoms with Gasteiger partial charge in [-0.15, -0.1) is 0 Å². The lowest BCUT2D eigenvalue weighted by atomic mass is 9.90. The molecule has 2 aromatic carbocycles. The van der Waals surface area contributed by atoms with E-state index in [1.165, 1.54) is 11.1 Å². The van der Waals surface area contributed by atoms with Crippen LogP contribution in [0.1, 0.15) is 42.0 Å². The lowest BCUT2D eigenvalue weighted by Gasteiger charge is -2.42. The Bertz CT molecular complexity index is 1040. The first kappa shape index (κ1) is 21.8. The summed E-state index contributed by atoms with van der Waals surface area (Å²) in [5, 5.41) is 7.26. The fourth-order valence-corrected chi connectivity index (χ4v) is 5.34. The van der Waals surface area contributed by atoms with Crippen molar-refractivity contribution in [2.24, 2.45) is 4.99 Å². The summed E-state index contributed by atoms with van der Waals surface area (Å²) in [5.41, 5.74) is 4.53. The average molecular weight is 448 g/mol. The van der Waals surface area contributed by atoms with Gasteiger partial charge in [0.15, 0.2) is 5.96 Å². The van der Waals surface area contributed by atoms with Gasteiger partial charge in [-0.05, 0) is 49.1 Å². The number of methoxy groups -OCH3 is 1. The highest BCUT2D eigenvalue weighted by Gasteiger charge is 2.34. The van der Waals surface area contributed by atoms with Crippen LogP contribution < -0.4 is 20.3 Å². The summed E-state index contributed by atoms with van der Waals surface area (Å²) >= 11 is 0. The van der Waals surface area contributed by atoms with Crippen molar-refractivity contribution < 1.29 is 9.53 Å². The van der Waals surface area contributed by atoms with Crippen LogP contribution in [0, 0.1) is 0 Å². The van der Waals surface area contributed by atoms with Crippen LogP contribution in [-0.4, -0.2) is 56.6 Å². The largest absolute Gasteiger partial charge is 0.496 e. The molecule has 2 aromatic rings. The molecule has 1 saturated heterocycles. The number of carbonyl (C=O) groups is 1. The fourth-order valence-electron chi connectivity index (χ4n) is 5.34. The number of piperidine rings is 1. The van der Waals surface area contributed by atoms with Crippen LogP contribution in [0.25, 0.3) is 0 Å². The molecule has 5 rings (SSSR count). The lowest BCUT2D eigenvalue weighted by molar-refractivity contribution is -0.118. The number of anilines is 1. The number of benzene rings is 2. The van der Waals surface area contributed by atoms with E-state index < -0.39 is 0 Å². The predicted molar refractivity (Wildman–Crippen MR) is 131 cm³/mol. The highest BCUT2D eigenvalue weighted by Crippen LogP contribution is 2.36. The second-order valence-corrected chi connectivity index (χ2v) is 9.06. The zero-order chi connectivity index (χ0) is 22.8. The standard InChI is InChI=1S/C26H33N5O2/c1-30-22-15-20(23(33-2)16-19(22)10-11-24(30)32)17-31(26-28-13-14-29-26)21-9-6-12-27-25(21)18-7-4-3-5-8-18/h3-5,7-8,15-16,21,25,27H,6,9-14,17H2,1-2H3,(H,28,29). The number of fused-ring (bicyclic) bond motifs is 1. The lowest BCUT2D eigenvalue weighted by Crippen LogP contribution is -2.52. The molecule has 0 saturated carbocycles. The summed E-state index contributed by atoms with van der Waals surface area (Å²) in [5.74, 6) is 1.99. The molecule has 2 atom stereocenters. The zero-order valence-corrected chi connectivity index (χ0v) is 19.5. The number of hydrogen-bond acceptors (Lipinski definition) is 6. The summed E-state index contributed by atoms with van der Waals surface area (Å²) in [6.07, 6.45) is 3.51. The van der Waals surface area contributed by atoms with Gasteiger partial charge in [-0.25, -0.2) is 0 Å². The molecular weight excluding hydrogens is 414 g/mol. The van der Waals surface area contributed by atoms with Crippen molar-refractivity contribution in [2.75, 3.05) is 38.7 Å². The molecule has 2 unspecified atom stereocenters. The molecule has 174 valence electrons. The summed E-state index contributed by atoms with van der Waals surface area (Å²) in [4.78, 5) is 21.3. The minimum Gasteiger partial charge on any atom is -0.496 e. The molecule has 0 aromatic heterocycles. The molecule has 33 heavy (non-hydrogen) atoms. The Hall–Kier alpha value is -3.06. The van der Waals surface area contributed by atoms with Crippen molar-refractivity contribution in [3.63, 3.8) is 0 Å². The molecule has 0 bridgehead atoms. The predicted octanol–water partition coefficient (Wildman–Crippen LogP) is 2.86. The number of nitrogens with one attached hydrogen (secondary N) is 2. The van der Waals surface area contributed by atoms with Gasteiger partial charge in [0.05, 0.1) is 25.7 Å². The van der Waals surface area contributed by atoms with E-state index in [0.717, 1.165) is 61.9 Å². The van der Waals surface area contributed by atoms with E-state index in [4.69, 9.17) is 9.73 Å². The van der Waals surface area contributed by atoms with Gasteiger partial charge in [0.1, 0.15) is 5.75 Å². The number of carbonyl (C=O) groups excluding carboxylic acids is 1. The molecular formula is C26H33N5O2. The van der Waals surface area contributed by atoms with Gasteiger partial charge < -0.3 is 25.2 Å². The monoisotopic (exact) mass is 447 g/mol. The molecule has 3 aliphatic heterocycles. The van der Waals surface area contributed by atoms with E-state index >= 15 is 0 Å². The van der Waals surface area contributed by atoms with Crippen LogP contribution >= 0.6 is 0 Å². The molecule has 1 fully saturated rings. The van der Waals surface area contributed by atoms with E-state index in [-0.39, 0.29) is 18.0 Å². The van der Waals surface area contributed by atoms with Crippen LogP contribution in [-0.2, 0) is 17.8 Å². The highest BCUT2D eigenvalue weighted by molar-refractivity contribution is 5.96. The molecule has 3 aliphatic rings. The summed E-state index contributed by atoms with van der Waals surface area (Å²) in [6, 6.07) is 15.4. The number of ether oxygens (including phenoxy) is 1. The number of nitrogens with zero attached hydrogens (tertiary/aromatic N) is 3. The van der Waals surface area contributed by atoms with E-state index in [2.05, 4.69) is 58.0 Å². The van der Waals surface area contributed by atoms with Crippen LogP contribution in [0.15, 0.2) is 47.5 Å². The van der Waals surface area contributed by atoms with E-state index in [1.807, 2.05) is 7.05 Å². The van der Waals surface area contributed by atoms with Gasteiger partial charge >= 0.3 is 0 Å². The number of aryl methyl sites for hydroxylation is 1. The number of rotatable bonds is 5. The van der Waals surface area contributed by atoms with Gasteiger partial charge in [0, 0.05) is 37.8 Å². The van der Waals surface area contributed by atoms with Crippen molar-refractivity contribution in [1.29, 1.82) is 0 Å². The van der Waals surface area contributed by atoms with Crippen molar-refractivity contribution in [3.8, 4) is 5.75 Å². The Labute approximate surface area is 195 Å². The maximum atomic E-state index is 12.3. The van der Waals surface area contributed by atoms with Crippen LogP contribution in [0.3, 0.4) is 0 Å². The fraction of sp³-hybridized carbons (Fsp3) is 0.462. The minimum absolute atomic E-state index is 0.165. The second-order valence-electron chi connectivity index (χ2n) is 9.06. The average Bonchev–Trinajstić information content (AvgIpc) is 3.40. The number of guanidine groups is 1. The Kier molecular flexibility index (Phi) is 6.22. The molecule has 3 heterocycles. The summed E-state index contributed by atoms with van der Waals surface area (Å²) in [7, 11) is 3.60. The second kappa shape index (κ2) is 9.43. The van der Waals surface area contributed by atoms with Crippen molar-refractivity contribution in [1.82, 2.24) is 15.5 Å². The third kappa shape index (κ3) is 4.29. The van der Waals surface area contributed by atoms with Crippen LogP contribution in [0.2, 0.25) is 0 Å². The van der Waals surface area contributed by atoms with Crippen LogP contribution in [0.5, 0.6) is 5.75 Å².